The quantitative estimate of drug-likeness (QED) is 0.162. The Hall–Kier alpha value is -7.94. The van der Waals surface area contributed by atoms with Crippen molar-refractivity contribution in [3.8, 4) is 44.5 Å². The molecule has 2 saturated carbocycles. The van der Waals surface area contributed by atoms with E-state index in [1.54, 1.807) is 11.1 Å². The maximum Gasteiger partial charge on any atom is 0.0726 e. The molecular weight excluding hydrogens is 977 g/mol. The van der Waals surface area contributed by atoms with Gasteiger partial charge in [-0.15, -0.1) is 0 Å². The lowest BCUT2D eigenvalue weighted by Gasteiger charge is -2.50. The van der Waals surface area contributed by atoms with Crippen LogP contribution in [0.25, 0.3) is 76.8 Å². The maximum absolute atomic E-state index is 2.76. The van der Waals surface area contributed by atoms with Crippen LogP contribution in [0.1, 0.15) is 135 Å². The molecule has 2 nitrogen and oxygen atoms in total. The van der Waals surface area contributed by atoms with E-state index < -0.39 is 5.41 Å². The highest BCUT2D eigenvalue weighted by molar-refractivity contribution is 6.27. The van der Waals surface area contributed by atoms with Crippen LogP contribution in [0.5, 0.6) is 0 Å². The first-order valence-corrected chi connectivity index (χ1v) is 30.4. The first kappa shape index (κ1) is 47.8. The standard InChI is InChI=1S/C79H70N2/c1-47-42-62(49(3)71-73(47)80(56-24-11-9-12-25-56)77(7)40-19-17-38-75(71,77)5)53-33-35-58-59-36-34-54(63-43-48(2)74-72(50(63)4)76(6)39-18-20-41-78(76,8)81(74)57-26-13-10-14-27-57)45-66(59)79(65(58)44-53)64-29-16-15-28-60(64)70-61-37-32-52-23-21-22-51-30-31-55(46-67(70)79)69(61)68(51)52/h9-16,21-37,42-46H,17-20,38-41H2,1-8H3. The Morgan fingerprint density at radius 2 is 0.840 bits per heavy atom. The first-order valence-electron chi connectivity index (χ1n) is 30.4. The Balaban J connectivity index is 0.930. The van der Waals surface area contributed by atoms with E-state index in [9.17, 15) is 0 Å². The number of rotatable bonds is 4. The number of hydrogen-bond donors (Lipinski definition) is 0. The second-order valence-electron chi connectivity index (χ2n) is 26.6. The minimum atomic E-state index is -0.581. The predicted octanol–water partition coefficient (Wildman–Crippen LogP) is 21.0. The molecule has 2 heterocycles. The van der Waals surface area contributed by atoms with Crippen LogP contribution >= 0.6 is 0 Å². The van der Waals surface area contributed by atoms with E-state index in [0.29, 0.717) is 0 Å². The molecule has 0 radical (unpaired) electrons. The number of nitrogens with zero attached hydrogens (tertiary/aromatic N) is 2. The van der Waals surface area contributed by atoms with Crippen LogP contribution in [-0.4, -0.2) is 11.1 Å². The van der Waals surface area contributed by atoms with Crippen LogP contribution in [0, 0.1) is 27.7 Å². The maximum atomic E-state index is 2.76. The Kier molecular flexibility index (Phi) is 9.54. The van der Waals surface area contributed by atoms with Gasteiger partial charge >= 0.3 is 0 Å². The van der Waals surface area contributed by atoms with Gasteiger partial charge in [0.05, 0.1) is 16.5 Å². The van der Waals surface area contributed by atoms with E-state index in [-0.39, 0.29) is 21.9 Å². The molecule has 0 aromatic heterocycles. The number of hydrogen-bond acceptors (Lipinski definition) is 2. The van der Waals surface area contributed by atoms with Crippen molar-refractivity contribution in [3.05, 3.63) is 238 Å². The lowest BCUT2D eigenvalue weighted by atomic mass is 9.60. The zero-order valence-corrected chi connectivity index (χ0v) is 48.4. The molecule has 0 saturated heterocycles. The minimum Gasteiger partial charge on any atom is -0.334 e. The van der Waals surface area contributed by atoms with Crippen LogP contribution in [-0.2, 0) is 16.2 Å². The summed E-state index contributed by atoms with van der Waals surface area (Å²) in [5.74, 6) is 0. The monoisotopic (exact) mass is 1050 g/mol. The summed E-state index contributed by atoms with van der Waals surface area (Å²) in [5, 5.41) is 8.04. The average Bonchev–Trinajstić information content (AvgIpc) is 4.21. The Labute approximate surface area is 478 Å². The molecular formula is C79H70N2. The van der Waals surface area contributed by atoms with Crippen molar-refractivity contribution in [2.24, 2.45) is 0 Å². The Morgan fingerprint density at radius 3 is 1.38 bits per heavy atom. The van der Waals surface area contributed by atoms with Gasteiger partial charge in [-0.2, -0.15) is 0 Å². The molecule has 81 heavy (non-hydrogen) atoms. The molecule has 2 fully saturated rings. The third kappa shape index (κ3) is 5.70. The van der Waals surface area contributed by atoms with Crippen LogP contribution < -0.4 is 9.80 Å². The van der Waals surface area contributed by atoms with Crippen molar-refractivity contribution in [2.45, 2.75) is 134 Å². The molecule has 1 spiro atoms. The number of anilines is 4. The molecule has 396 valence electrons. The fourth-order valence-corrected chi connectivity index (χ4v) is 19.1. The third-order valence-corrected chi connectivity index (χ3v) is 23.0. The summed E-state index contributed by atoms with van der Waals surface area (Å²) >= 11 is 0. The zero-order chi connectivity index (χ0) is 54.7. The first-order chi connectivity index (χ1) is 39.3. The molecule has 17 rings (SSSR count). The molecule has 4 aliphatic carbocycles. The van der Waals surface area contributed by atoms with Crippen molar-refractivity contribution < 1.29 is 0 Å². The van der Waals surface area contributed by atoms with Gasteiger partial charge in [-0.25, -0.2) is 0 Å². The number of fused-ring (bicyclic) bond motifs is 17. The van der Waals surface area contributed by atoms with Gasteiger partial charge in [0.15, 0.2) is 0 Å². The average molecular weight is 1050 g/mol. The van der Waals surface area contributed by atoms with Crippen molar-refractivity contribution in [1.29, 1.82) is 0 Å². The van der Waals surface area contributed by atoms with Gasteiger partial charge < -0.3 is 9.80 Å². The van der Waals surface area contributed by atoms with E-state index in [1.807, 2.05) is 0 Å². The van der Waals surface area contributed by atoms with Gasteiger partial charge in [0, 0.05) is 33.6 Å². The van der Waals surface area contributed by atoms with E-state index >= 15 is 0 Å². The molecule has 0 bridgehead atoms. The Bertz CT molecular complexity index is 4340. The van der Waals surface area contributed by atoms with Gasteiger partial charge in [-0.05, 0) is 254 Å². The Morgan fingerprint density at radius 1 is 0.358 bits per heavy atom. The van der Waals surface area contributed by atoms with Crippen LogP contribution in [0.4, 0.5) is 22.7 Å². The van der Waals surface area contributed by atoms with Crippen molar-refractivity contribution in [1.82, 2.24) is 0 Å². The second-order valence-corrected chi connectivity index (χ2v) is 26.6. The van der Waals surface area contributed by atoms with Crippen LogP contribution in [0.2, 0.25) is 0 Å². The summed E-state index contributed by atoms with van der Waals surface area (Å²) in [4.78, 5) is 5.53. The molecule has 2 heteroatoms. The normalized spacial score (nSPS) is 24.6. The van der Waals surface area contributed by atoms with E-state index in [2.05, 4.69) is 247 Å². The number of aryl methyl sites for hydroxylation is 2. The highest BCUT2D eigenvalue weighted by Crippen LogP contribution is 2.68. The number of para-hydroxylation sites is 2. The summed E-state index contributed by atoms with van der Waals surface area (Å²) in [6.07, 6.45) is 9.78. The highest BCUT2D eigenvalue weighted by atomic mass is 15.3. The summed E-state index contributed by atoms with van der Waals surface area (Å²) in [6.45, 7) is 20.1. The van der Waals surface area contributed by atoms with Gasteiger partial charge in [-0.1, -0.05) is 167 Å². The fourth-order valence-electron chi connectivity index (χ4n) is 19.1. The zero-order valence-electron chi connectivity index (χ0n) is 48.4. The molecule has 0 N–H and O–H groups in total. The second kappa shape index (κ2) is 16.2. The van der Waals surface area contributed by atoms with E-state index in [4.69, 9.17) is 0 Å². The molecule has 11 aromatic rings. The minimum absolute atomic E-state index is 0.00387. The SMILES string of the molecule is Cc1cc(-c2ccc3c(c2)C2(c4cc(-c5cc(C)c6c(c5C)C5(C)CCCCC5(C)N6c5ccccc5)ccc4-3)c3ccccc3-c3c2cc2ccc4cccc5ccc3c2c45)c(C)c2c1N(c1ccccc1)C1(C)CCCCC21C. The molecule has 4 atom stereocenters. The molecule has 2 aliphatic heterocycles. The molecule has 11 aromatic carbocycles. The summed E-state index contributed by atoms with van der Waals surface area (Å²) in [5.41, 5.74) is 29.9. The van der Waals surface area contributed by atoms with E-state index in [0.717, 1.165) is 0 Å². The predicted molar refractivity (Wildman–Crippen MR) is 342 cm³/mol. The molecule has 0 amide bonds. The number of benzene rings is 11. The van der Waals surface area contributed by atoms with Gasteiger partial charge in [-0.3, -0.25) is 0 Å². The summed E-state index contributed by atoms with van der Waals surface area (Å²) < 4.78 is 0. The van der Waals surface area contributed by atoms with Crippen LogP contribution in [0.15, 0.2) is 182 Å². The largest absolute Gasteiger partial charge is 0.334 e. The third-order valence-electron chi connectivity index (χ3n) is 23.0. The molecule has 4 unspecified atom stereocenters. The van der Waals surface area contributed by atoms with Crippen LogP contribution in [0.3, 0.4) is 0 Å². The summed E-state index contributed by atoms with van der Waals surface area (Å²) in [7, 11) is 0. The van der Waals surface area contributed by atoms with Gasteiger partial charge in [0.2, 0.25) is 0 Å². The van der Waals surface area contributed by atoms with Gasteiger partial charge in [0.25, 0.3) is 0 Å². The van der Waals surface area contributed by atoms with Crippen molar-refractivity contribution in [2.75, 3.05) is 9.80 Å². The van der Waals surface area contributed by atoms with E-state index in [1.165, 1.54) is 195 Å². The highest BCUT2D eigenvalue weighted by Gasteiger charge is 2.61. The fraction of sp³-hybridized carbons (Fsp3) is 0.266. The lowest BCUT2D eigenvalue weighted by Crippen LogP contribution is -2.54. The van der Waals surface area contributed by atoms with Gasteiger partial charge in [0.1, 0.15) is 0 Å². The lowest BCUT2D eigenvalue weighted by molar-refractivity contribution is 0.194. The smallest absolute Gasteiger partial charge is 0.0726 e. The molecule has 6 aliphatic rings. The van der Waals surface area contributed by atoms with Crippen molar-refractivity contribution >= 4 is 55.1 Å². The topological polar surface area (TPSA) is 6.48 Å². The van der Waals surface area contributed by atoms with Crippen molar-refractivity contribution in [3.63, 3.8) is 0 Å². The summed E-state index contributed by atoms with van der Waals surface area (Å²) in [6, 6.07) is 71.6.